The van der Waals surface area contributed by atoms with Gasteiger partial charge in [0.15, 0.2) is 0 Å². The van der Waals surface area contributed by atoms with E-state index in [-0.39, 0.29) is 18.4 Å². The fourth-order valence-electron chi connectivity index (χ4n) is 3.55. The Morgan fingerprint density at radius 3 is 2.70 bits per heavy atom. The highest BCUT2D eigenvalue weighted by Crippen LogP contribution is 2.09. The molecule has 1 aromatic heterocycles. The van der Waals surface area contributed by atoms with Gasteiger partial charge in [-0.3, -0.25) is 19.9 Å². The van der Waals surface area contributed by atoms with E-state index in [0.29, 0.717) is 18.9 Å². The summed E-state index contributed by atoms with van der Waals surface area (Å²) in [5.41, 5.74) is 2.04. The number of hydrogen-bond donors (Lipinski definition) is 3. The predicted octanol–water partition coefficient (Wildman–Crippen LogP) is 1.31. The molecule has 3 rings (SSSR count). The minimum absolute atomic E-state index is 0.0778. The number of nitrogens with one attached hydrogen (secondary N) is 3. The summed E-state index contributed by atoms with van der Waals surface area (Å²) in [4.78, 5) is 37.3. The minimum atomic E-state index is -0.597. The van der Waals surface area contributed by atoms with E-state index in [1.807, 2.05) is 42.6 Å². The summed E-state index contributed by atoms with van der Waals surface area (Å²) >= 11 is 0. The molecule has 9 nitrogen and oxygen atoms in total. The molecule has 1 aliphatic heterocycles. The molecule has 0 spiro atoms. The van der Waals surface area contributed by atoms with E-state index in [0.717, 1.165) is 31.7 Å². The summed E-state index contributed by atoms with van der Waals surface area (Å²) in [7, 11) is 3.75. The summed E-state index contributed by atoms with van der Waals surface area (Å²) < 4.78 is 0. The molecule has 2 aromatic rings. The summed E-state index contributed by atoms with van der Waals surface area (Å²) in [5, 5.41) is 9.13. The van der Waals surface area contributed by atoms with E-state index in [1.54, 1.807) is 13.2 Å². The van der Waals surface area contributed by atoms with Gasteiger partial charge in [0.2, 0.25) is 11.9 Å². The van der Waals surface area contributed by atoms with E-state index < -0.39 is 6.04 Å². The van der Waals surface area contributed by atoms with E-state index in [9.17, 15) is 9.59 Å². The molecular formula is C24H33N7O2. The van der Waals surface area contributed by atoms with Crippen LogP contribution < -0.4 is 16.0 Å². The smallest absolute Gasteiger partial charge is 0.251 e. The molecule has 9 heteroatoms. The van der Waals surface area contributed by atoms with Gasteiger partial charge in [-0.25, -0.2) is 4.99 Å². The van der Waals surface area contributed by atoms with Crippen LogP contribution >= 0.6 is 0 Å². The van der Waals surface area contributed by atoms with Crippen LogP contribution in [0.3, 0.4) is 0 Å². The van der Waals surface area contributed by atoms with E-state index in [2.05, 4.69) is 43.9 Å². The van der Waals surface area contributed by atoms with Crippen molar-refractivity contribution in [2.75, 3.05) is 45.6 Å². The zero-order valence-corrected chi connectivity index (χ0v) is 19.3. The molecule has 1 aromatic carbocycles. The second-order valence-corrected chi connectivity index (χ2v) is 8.14. The molecule has 2 amide bonds. The van der Waals surface area contributed by atoms with Crippen molar-refractivity contribution >= 4 is 23.5 Å². The van der Waals surface area contributed by atoms with Crippen LogP contribution in [0.5, 0.6) is 0 Å². The highest BCUT2D eigenvalue weighted by atomic mass is 16.2. The Balaban J connectivity index is 1.31. The van der Waals surface area contributed by atoms with Crippen LogP contribution in [0.15, 0.2) is 59.9 Å². The number of aromatic nitrogens is 1. The first-order valence-corrected chi connectivity index (χ1v) is 11.2. The quantitative estimate of drug-likeness (QED) is 0.445. The Hall–Kier alpha value is -3.30. The first-order chi connectivity index (χ1) is 16.0. The number of anilines is 1. The van der Waals surface area contributed by atoms with Gasteiger partial charge in [-0.1, -0.05) is 24.3 Å². The SMILES string of the molecule is CN(CCCNCCC(=O)N(C)C1CN=C(Nc2ccccc2)NC1=O)Cc1cccnc1. The normalized spacial score (nSPS) is 15.7. The second-order valence-electron chi connectivity index (χ2n) is 8.14. The number of carbonyl (C=O) groups excluding carboxylic acids is 2. The highest BCUT2D eigenvalue weighted by Gasteiger charge is 2.30. The monoisotopic (exact) mass is 451 g/mol. The van der Waals surface area contributed by atoms with E-state index in [1.165, 1.54) is 10.5 Å². The number of rotatable bonds is 11. The average molecular weight is 452 g/mol. The Kier molecular flexibility index (Phi) is 9.34. The van der Waals surface area contributed by atoms with Gasteiger partial charge < -0.3 is 20.4 Å². The Labute approximate surface area is 195 Å². The summed E-state index contributed by atoms with van der Waals surface area (Å²) in [6.07, 6.45) is 4.98. The number of likely N-dealkylation sites (N-methyl/N-ethyl adjacent to an activating group) is 1. The topological polar surface area (TPSA) is 102 Å². The van der Waals surface area contributed by atoms with Crippen LogP contribution in [0.2, 0.25) is 0 Å². The van der Waals surface area contributed by atoms with Gasteiger partial charge >= 0.3 is 0 Å². The van der Waals surface area contributed by atoms with Gasteiger partial charge in [0, 0.05) is 44.6 Å². The standard InChI is InChI=1S/C24H33N7O2/c1-30(18-19-8-6-12-26-16-19)15-7-13-25-14-11-22(32)31(2)21-17-27-24(29-23(21)33)28-20-9-4-3-5-10-20/h3-6,8-10,12,16,21,25H,7,11,13-15,17-18H2,1-2H3,(H2,27,28,29,33). The molecule has 1 aliphatic rings. The van der Waals surface area contributed by atoms with Crippen LogP contribution in [0.1, 0.15) is 18.4 Å². The van der Waals surface area contributed by atoms with Gasteiger partial charge in [0.25, 0.3) is 5.91 Å². The lowest BCUT2D eigenvalue weighted by Gasteiger charge is -2.29. The molecule has 0 bridgehead atoms. The van der Waals surface area contributed by atoms with Gasteiger partial charge in [-0.05, 0) is 50.3 Å². The van der Waals surface area contributed by atoms with Crippen molar-refractivity contribution in [3.05, 3.63) is 60.4 Å². The van der Waals surface area contributed by atoms with E-state index in [4.69, 9.17) is 0 Å². The fourth-order valence-corrected chi connectivity index (χ4v) is 3.55. The third-order valence-electron chi connectivity index (χ3n) is 5.45. The molecule has 3 N–H and O–H groups in total. The van der Waals surface area contributed by atoms with Crippen molar-refractivity contribution in [2.45, 2.75) is 25.4 Å². The van der Waals surface area contributed by atoms with E-state index >= 15 is 0 Å². The number of amides is 2. The van der Waals surface area contributed by atoms with Crippen molar-refractivity contribution in [3.63, 3.8) is 0 Å². The predicted molar refractivity (Wildman–Crippen MR) is 130 cm³/mol. The molecule has 0 fully saturated rings. The Morgan fingerprint density at radius 2 is 1.97 bits per heavy atom. The lowest BCUT2D eigenvalue weighted by Crippen LogP contribution is -2.55. The molecule has 2 heterocycles. The lowest BCUT2D eigenvalue weighted by molar-refractivity contribution is -0.138. The number of pyridine rings is 1. The molecule has 33 heavy (non-hydrogen) atoms. The van der Waals surface area contributed by atoms with Crippen molar-refractivity contribution in [1.82, 2.24) is 25.4 Å². The summed E-state index contributed by atoms with van der Waals surface area (Å²) in [6, 6.07) is 12.9. The summed E-state index contributed by atoms with van der Waals surface area (Å²) in [6.45, 7) is 3.46. The number of carbonyl (C=O) groups is 2. The van der Waals surface area contributed by atoms with Gasteiger partial charge in [0.05, 0.1) is 6.54 Å². The maximum absolute atomic E-state index is 12.5. The van der Waals surface area contributed by atoms with Gasteiger partial charge in [0.1, 0.15) is 6.04 Å². The largest absolute Gasteiger partial charge is 0.332 e. The van der Waals surface area contributed by atoms with Crippen molar-refractivity contribution in [2.24, 2.45) is 4.99 Å². The molecule has 0 saturated carbocycles. The molecular weight excluding hydrogens is 418 g/mol. The van der Waals surface area contributed by atoms with Gasteiger partial charge in [-0.15, -0.1) is 0 Å². The lowest BCUT2D eigenvalue weighted by atomic mass is 10.2. The number of benzene rings is 1. The Bertz CT molecular complexity index is 921. The van der Waals surface area contributed by atoms with Crippen LogP contribution in [-0.2, 0) is 16.1 Å². The molecule has 1 unspecified atom stereocenters. The van der Waals surface area contributed by atoms with Crippen molar-refractivity contribution < 1.29 is 9.59 Å². The van der Waals surface area contributed by atoms with Crippen LogP contribution in [0.4, 0.5) is 5.69 Å². The first kappa shape index (κ1) is 24.3. The second kappa shape index (κ2) is 12.7. The number of guanidine groups is 1. The molecule has 0 aliphatic carbocycles. The molecule has 176 valence electrons. The zero-order chi connectivity index (χ0) is 23.5. The van der Waals surface area contributed by atoms with Gasteiger partial charge in [-0.2, -0.15) is 0 Å². The summed E-state index contributed by atoms with van der Waals surface area (Å²) in [5.74, 6) is 0.0911. The minimum Gasteiger partial charge on any atom is -0.332 e. The highest BCUT2D eigenvalue weighted by molar-refractivity contribution is 6.08. The molecule has 0 saturated heterocycles. The molecule has 0 radical (unpaired) electrons. The first-order valence-electron chi connectivity index (χ1n) is 11.2. The van der Waals surface area contributed by atoms with Crippen molar-refractivity contribution in [3.8, 4) is 0 Å². The maximum atomic E-state index is 12.5. The molecule has 1 atom stereocenters. The number of nitrogens with zero attached hydrogens (tertiary/aromatic N) is 4. The third kappa shape index (κ3) is 7.96. The number of aliphatic imine (C=N–C) groups is 1. The van der Waals surface area contributed by atoms with Crippen LogP contribution in [0, 0.1) is 0 Å². The fraction of sp³-hybridized carbons (Fsp3) is 0.417. The maximum Gasteiger partial charge on any atom is 0.251 e. The van der Waals surface area contributed by atoms with Crippen LogP contribution in [-0.4, -0.2) is 78.9 Å². The third-order valence-corrected chi connectivity index (χ3v) is 5.45. The number of hydrogen-bond acceptors (Lipinski definition) is 7. The van der Waals surface area contributed by atoms with Crippen molar-refractivity contribution in [1.29, 1.82) is 0 Å². The van der Waals surface area contributed by atoms with Crippen LogP contribution in [0.25, 0.3) is 0 Å². The zero-order valence-electron chi connectivity index (χ0n) is 19.3. The number of para-hydroxylation sites is 1. The Morgan fingerprint density at radius 1 is 1.15 bits per heavy atom. The average Bonchev–Trinajstić information content (AvgIpc) is 2.82.